The zero-order valence-electron chi connectivity index (χ0n) is 14.4. The van der Waals surface area contributed by atoms with E-state index in [0.29, 0.717) is 17.1 Å². The van der Waals surface area contributed by atoms with Crippen molar-refractivity contribution in [3.05, 3.63) is 22.7 Å². The van der Waals surface area contributed by atoms with Crippen LogP contribution in [-0.4, -0.2) is 34.7 Å². The van der Waals surface area contributed by atoms with E-state index in [9.17, 15) is 13.2 Å². The van der Waals surface area contributed by atoms with Gasteiger partial charge in [0.25, 0.3) is 0 Å². The van der Waals surface area contributed by atoms with Crippen molar-refractivity contribution < 1.29 is 17.7 Å². The van der Waals surface area contributed by atoms with E-state index in [4.69, 9.17) is 16.1 Å². The highest BCUT2D eigenvalue weighted by molar-refractivity contribution is 6.32. The Morgan fingerprint density at radius 3 is 2.50 bits per heavy atom. The van der Waals surface area contributed by atoms with Crippen LogP contribution in [0.15, 0.2) is 16.7 Å². The maximum atomic E-state index is 13.3. The first kappa shape index (κ1) is 19.6. The number of halogens is 5. The number of anilines is 1. The topological polar surface area (TPSA) is 41.3 Å². The number of nitrogens with one attached hydrogen (secondary N) is 1. The third-order valence-corrected chi connectivity index (χ3v) is 6.07. The first-order chi connectivity index (χ1) is 11.7. The number of piperidine rings is 3. The lowest BCUT2D eigenvalue weighted by Crippen LogP contribution is -2.66. The van der Waals surface area contributed by atoms with Crippen LogP contribution in [0.2, 0.25) is 5.02 Å². The average Bonchev–Trinajstić information content (AvgIpc) is 2.92. The lowest BCUT2D eigenvalue weighted by atomic mass is 9.72. The maximum Gasteiger partial charge on any atom is 0.421 e. The fourth-order valence-corrected chi connectivity index (χ4v) is 4.63. The molecule has 3 fully saturated rings. The molecule has 0 spiro atoms. The molecule has 1 aromatic carbocycles. The van der Waals surface area contributed by atoms with E-state index in [1.54, 1.807) is 0 Å². The molecular weight excluding hydrogens is 390 g/mol. The number of hydrogen-bond donors (Lipinski definition) is 1. The standard InChI is InChI=1S/C17H19ClF3N3O.ClH/c1-16(2)14(9-5-7-24(16)8-6-9)22-15-10-3-4-11(18)12(17(19,20)21)13(10)25-23-15;/h3-4,9,14H,5-8H2,1-2H3,(H,22,23);1H. The molecule has 3 aliphatic rings. The average molecular weight is 410 g/mol. The van der Waals surface area contributed by atoms with Crippen molar-refractivity contribution in [2.45, 2.75) is 44.4 Å². The Morgan fingerprint density at radius 2 is 1.92 bits per heavy atom. The van der Waals surface area contributed by atoms with Crippen LogP contribution in [0.25, 0.3) is 11.0 Å². The first-order valence-electron chi connectivity index (χ1n) is 8.36. The molecule has 26 heavy (non-hydrogen) atoms. The minimum atomic E-state index is -4.59. The summed E-state index contributed by atoms with van der Waals surface area (Å²) in [6.07, 6.45) is -2.44. The van der Waals surface area contributed by atoms with Gasteiger partial charge in [-0.1, -0.05) is 16.8 Å². The van der Waals surface area contributed by atoms with Crippen LogP contribution in [0.4, 0.5) is 19.0 Å². The Kier molecular flexibility index (Phi) is 4.86. The summed E-state index contributed by atoms with van der Waals surface area (Å²) < 4.78 is 44.9. The molecule has 4 nitrogen and oxygen atoms in total. The monoisotopic (exact) mass is 409 g/mol. The van der Waals surface area contributed by atoms with Gasteiger partial charge in [-0.25, -0.2) is 0 Å². The van der Waals surface area contributed by atoms with E-state index in [2.05, 4.69) is 29.2 Å². The van der Waals surface area contributed by atoms with Crippen LogP contribution < -0.4 is 5.32 Å². The second kappa shape index (κ2) is 6.46. The summed E-state index contributed by atoms with van der Waals surface area (Å²) in [6.45, 7) is 6.44. The number of alkyl halides is 3. The molecule has 1 aromatic heterocycles. The van der Waals surface area contributed by atoms with Crippen molar-refractivity contribution in [3.63, 3.8) is 0 Å². The summed E-state index contributed by atoms with van der Waals surface area (Å²) in [4.78, 5) is 2.42. The van der Waals surface area contributed by atoms with Crippen molar-refractivity contribution in [3.8, 4) is 0 Å². The molecule has 0 radical (unpaired) electrons. The molecular formula is C17H20Cl2F3N3O. The van der Waals surface area contributed by atoms with Crippen molar-refractivity contribution in [1.82, 2.24) is 10.1 Å². The quantitative estimate of drug-likeness (QED) is 0.739. The molecule has 1 atom stereocenters. The number of benzene rings is 1. The SMILES string of the molecule is CC1(C)C(Nc2noc3c(C(F)(F)F)c(Cl)ccc23)C2CCN1CC2.Cl. The molecule has 4 heterocycles. The molecule has 1 unspecified atom stereocenters. The van der Waals surface area contributed by atoms with Crippen LogP contribution in [0.1, 0.15) is 32.3 Å². The summed E-state index contributed by atoms with van der Waals surface area (Å²) in [6, 6.07) is 2.88. The zero-order chi connectivity index (χ0) is 18.0. The fraction of sp³-hybridized carbons (Fsp3) is 0.588. The minimum Gasteiger partial charge on any atom is -0.362 e. The van der Waals surface area contributed by atoms with Gasteiger partial charge in [0.2, 0.25) is 0 Å². The predicted octanol–water partition coefficient (Wildman–Crippen LogP) is 5.21. The predicted molar refractivity (Wildman–Crippen MR) is 97.1 cm³/mol. The molecule has 144 valence electrons. The lowest BCUT2D eigenvalue weighted by molar-refractivity contribution is -0.136. The number of nitrogens with zero attached hydrogens (tertiary/aromatic N) is 2. The Labute approximate surface area is 160 Å². The van der Waals surface area contributed by atoms with Crippen LogP contribution in [0.5, 0.6) is 0 Å². The first-order valence-corrected chi connectivity index (χ1v) is 8.74. The van der Waals surface area contributed by atoms with Gasteiger partial charge in [0, 0.05) is 11.6 Å². The van der Waals surface area contributed by atoms with Crippen LogP contribution in [0, 0.1) is 5.92 Å². The lowest BCUT2D eigenvalue weighted by Gasteiger charge is -2.56. The van der Waals surface area contributed by atoms with Gasteiger partial charge in [-0.05, 0) is 57.8 Å². The van der Waals surface area contributed by atoms with Gasteiger partial charge in [0.1, 0.15) is 5.56 Å². The number of fused-ring (bicyclic) bond motifs is 4. The highest BCUT2D eigenvalue weighted by atomic mass is 35.5. The molecule has 5 rings (SSSR count). The normalized spacial score (nSPS) is 27.4. The van der Waals surface area contributed by atoms with Gasteiger partial charge in [-0.2, -0.15) is 13.2 Å². The summed E-state index contributed by atoms with van der Waals surface area (Å²) in [5.41, 5.74) is -1.38. The summed E-state index contributed by atoms with van der Waals surface area (Å²) in [7, 11) is 0. The van der Waals surface area contributed by atoms with Gasteiger partial charge >= 0.3 is 6.18 Å². The third kappa shape index (κ3) is 2.94. The second-order valence-corrected chi connectivity index (χ2v) is 7.84. The van der Waals surface area contributed by atoms with Gasteiger partial charge in [0.15, 0.2) is 11.4 Å². The van der Waals surface area contributed by atoms with Gasteiger partial charge < -0.3 is 9.84 Å². The third-order valence-electron chi connectivity index (χ3n) is 5.75. The molecule has 0 aliphatic carbocycles. The molecule has 9 heteroatoms. The number of aromatic nitrogens is 1. The zero-order valence-corrected chi connectivity index (χ0v) is 15.9. The summed E-state index contributed by atoms with van der Waals surface area (Å²) in [5.74, 6) is 0.824. The molecule has 3 aliphatic heterocycles. The van der Waals surface area contributed by atoms with Gasteiger partial charge in [-0.3, -0.25) is 4.90 Å². The van der Waals surface area contributed by atoms with E-state index < -0.39 is 11.7 Å². The highest BCUT2D eigenvalue weighted by Gasteiger charge is 2.48. The Hall–Kier alpha value is -1.18. The largest absolute Gasteiger partial charge is 0.421 e. The number of rotatable bonds is 2. The van der Waals surface area contributed by atoms with Crippen molar-refractivity contribution in [1.29, 1.82) is 0 Å². The molecule has 2 aromatic rings. The van der Waals surface area contributed by atoms with Crippen molar-refractivity contribution in [2.24, 2.45) is 5.92 Å². The number of hydrogen-bond acceptors (Lipinski definition) is 4. The van der Waals surface area contributed by atoms with Gasteiger partial charge in [-0.15, -0.1) is 12.4 Å². The Morgan fingerprint density at radius 1 is 1.27 bits per heavy atom. The van der Waals surface area contributed by atoms with Crippen LogP contribution in [-0.2, 0) is 6.18 Å². The Balaban J connectivity index is 0.00000196. The molecule has 0 amide bonds. The maximum absolute atomic E-state index is 13.3. The second-order valence-electron chi connectivity index (χ2n) is 7.43. The summed E-state index contributed by atoms with van der Waals surface area (Å²) >= 11 is 5.75. The fourth-order valence-electron chi connectivity index (χ4n) is 4.37. The molecule has 0 saturated carbocycles. The van der Waals surface area contributed by atoms with E-state index in [1.165, 1.54) is 12.1 Å². The van der Waals surface area contributed by atoms with Crippen molar-refractivity contribution >= 4 is 40.8 Å². The van der Waals surface area contributed by atoms with Crippen LogP contribution in [0.3, 0.4) is 0 Å². The van der Waals surface area contributed by atoms with Gasteiger partial charge in [0.05, 0.1) is 10.4 Å². The summed E-state index contributed by atoms with van der Waals surface area (Å²) in [5, 5.41) is 7.18. The van der Waals surface area contributed by atoms with Crippen LogP contribution >= 0.6 is 24.0 Å². The van der Waals surface area contributed by atoms with Crippen molar-refractivity contribution in [2.75, 3.05) is 18.4 Å². The smallest absolute Gasteiger partial charge is 0.362 e. The van der Waals surface area contributed by atoms with E-state index in [1.807, 2.05) is 0 Å². The molecule has 3 saturated heterocycles. The van der Waals surface area contributed by atoms with E-state index in [0.717, 1.165) is 25.9 Å². The van der Waals surface area contributed by atoms with E-state index in [-0.39, 0.29) is 34.6 Å². The molecule has 2 bridgehead atoms. The van der Waals surface area contributed by atoms with E-state index >= 15 is 0 Å². The Bertz CT molecular complexity index is 813. The molecule has 1 N–H and O–H groups in total. The minimum absolute atomic E-state index is 0. The highest BCUT2D eigenvalue weighted by Crippen LogP contribution is 2.44.